The Morgan fingerprint density at radius 2 is 1.53 bits per heavy atom. The molecule has 0 saturated carbocycles. The highest BCUT2D eigenvalue weighted by Crippen LogP contribution is 2.44. The van der Waals surface area contributed by atoms with Crippen LogP contribution in [0.2, 0.25) is 0 Å². The summed E-state index contributed by atoms with van der Waals surface area (Å²) < 4.78 is 5.57. The number of carboxylic acids is 1. The van der Waals surface area contributed by atoms with Crippen molar-refractivity contribution in [2.45, 2.75) is 58.4 Å². The number of hydrogen-bond donors (Lipinski definition) is 3. The second-order valence-electron chi connectivity index (χ2n) is 8.85. The van der Waals surface area contributed by atoms with Gasteiger partial charge in [-0.05, 0) is 41.5 Å². The van der Waals surface area contributed by atoms with E-state index in [1.54, 1.807) is 13.8 Å². The van der Waals surface area contributed by atoms with Crippen molar-refractivity contribution in [3.8, 4) is 11.1 Å². The van der Waals surface area contributed by atoms with E-state index < -0.39 is 23.5 Å². The minimum Gasteiger partial charge on any atom is -0.481 e. The Labute approximate surface area is 200 Å². The second-order valence-corrected chi connectivity index (χ2v) is 8.85. The van der Waals surface area contributed by atoms with Crippen molar-refractivity contribution < 1.29 is 24.2 Å². The molecule has 1 unspecified atom stereocenters. The summed E-state index contributed by atoms with van der Waals surface area (Å²) in [5.74, 6) is -1.24. The van der Waals surface area contributed by atoms with Gasteiger partial charge in [0.15, 0.2) is 0 Å². The van der Waals surface area contributed by atoms with Crippen molar-refractivity contribution in [3.63, 3.8) is 0 Å². The quantitative estimate of drug-likeness (QED) is 0.445. The van der Waals surface area contributed by atoms with Crippen LogP contribution in [0, 0.1) is 5.41 Å². The topological polar surface area (TPSA) is 105 Å². The molecule has 7 heteroatoms. The fourth-order valence-electron chi connectivity index (χ4n) is 4.55. The Morgan fingerprint density at radius 3 is 2.03 bits per heavy atom. The number of carboxylic acid groups (broad SMARTS) is 1. The van der Waals surface area contributed by atoms with Gasteiger partial charge in [0.05, 0.1) is 5.41 Å². The van der Waals surface area contributed by atoms with Gasteiger partial charge in [-0.3, -0.25) is 9.59 Å². The molecule has 0 spiro atoms. The highest BCUT2D eigenvalue weighted by atomic mass is 16.5. The Kier molecular flexibility index (Phi) is 8.31. The smallest absolute Gasteiger partial charge is 0.407 e. The molecule has 0 saturated heterocycles. The van der Waals surface area contributed by atoms with Crippen LogP contribution in [0.4, 0.5) is 4.79 Å². The number of benzene rings is 2. The number of aliphatic carboxylic acids is 1. The third-order valence-electron chi connectivity index (χ3n) is 7.02. The van der Waals surface area contributed by atoms with E-state index in [-0.39, 0.29) is 31.4 Å². The average molecular weight is 467 g/mol. The number of nitrogens with one attached hydrogen (secondary N) is 2. The molecular formula is C27H34N2O5. The fraction of sp³-hybridized carbons (Fsp3) is 0.444. The molecule has 2 aromatic carbocycles. The summed E-state index contributed by atoms with van der Waals surface area (Å²) in [5, 5.41) is 15.0. The summed E-state index contributed by atoms with van der Waals surface area (Å²) in [6, 6.07) is 15.9. The predicted molar refractivity (Wildman–Crippen MR) is 131 cm³/mol. The van der Waals surface area contributed by atoms with Crippen LogP contribution >= 0.6 is 0 Å². The summed E-state index contributed by atoms with van der Waals surface area (Å²) in [6.07, 6.45) is 0.888. The highest BCUT2D eigenvalue weighted by molar-refractivity contribution is 5.80. The zero-order valence-electron chi connectivity index (χ0n) is 20.1. The summed E-state index contributed by atoms with van der Waals surface area (Å²) in [5.41, 5.74) is 3.62. The largest absolute Gasteiger partial charge is 0.481 e. The van der Waals surface area contributed by atoms with Gasteiger partial charge in [0.25, 0.3) is 0 Å². The lowest BCUT2D eigenvalue weighted by molar-refractivity contribution is -0.149. The van der Waals surface area contributed by atoms with Crippen LogP contribution in [0.25, 0.3) is 11.1 Å². The molecule has 182 valence electrons. The van der Waals surface area contributed by atoms with Gasteiger partial charge in [0.1, 0.15) is 6.61 Å². The minimum absolute atomic E-state index is 0.0336. The number of amides is 2. The lowest BCUT2D eigenvalue weighted by Crippen LogP contribution is -2.44. The number of ether oxygens (including phenoxy) is 1. The van der Waals surface area contributed by atoms with E-state index in [2.05, 4.69) is 34.9 Å². The van der Waals surface area contributed by atoms with E-state index in [4.69, 9.17) is 4.74 Å². The van der Waals surface area contributed by atoms with Crippen molar-refractivity contribution in [3.05, 3.63) is 59.7 Å². The van der Waals surface area contributed by atoms with Crippen LogP contribution < -0.4 is 10.6 Å². The summed E-state index contributed by atoms with van der Waals surface area (Å²) >= 11 is 0. The van der Waals surface area contributed by atoms with Gasteiger partial charge < -0.3 is 20.5 Å². The maximum Gasteiger partial charge on any atom is 0.407 e. The summed E-state index contributed by atoms with van der Waals surface area (Å²) in [4.78, 5) is 36.6. The van der Waals surface area contributed by atoms with E-state index in [9.17, 15) is 19.5 Å². The number of hydrogen-bond acceptors (Lipinski definition) is 4. The van der Waals surface area contributed by atoms with Crippen molar-refractivity contribution in [1.29, 1.82) is 0 Å². The van der Waals surface area contributed by atoms with Gasteiger partial charge in [-0.1, -0.05) is 69.3 Å². The van der Waals surface area contributed by atoms with Crippen molar-refractivity contribution >= 4 is 18.0 Å². The normalized spacial score (nSPS) is 13.5. The summed E-state index contributed by atoms with van der Waals surface area (Å²) in [6.45, 7) is 5.75. The van der Waals surface area contributed by atoms with E-state index >= 15 is 0 Å². The lowest BCUT2D eigenvalue weighted by atomic mass is 9.82. The second kappa shape index (κ2) is 11.2. The van der Waals surface area contributed by atoms with Gasteiger partial charge in [0.2, 0.25) is 5.91 Å². The fourth-order valence-corrected chi connectivity index (χ4v) is 4.55. The standard InChI is InChI=1S/C27H34N2O5/c1-4-18(15-24(30)28-17-27(5-2,6-3)25(31)32)29-26(33)34-16-23-21-13-9-7-11-19(21)20-12-8-10-14-22(20)23/h7-14,18,23H,4-6,15-17H2,1-3H3,(H,28,30)(H,29,33)(H,31,32). The molecule has 2 amide bonds. The first-order chi connectivity index (χ1) is 16.3. The number of fused-ring (bicyclic) bond motifs is 3. The Balaban J connectivity index is 1.54. The maximum atomic E-state index is 12.5. The van der Waals surface area contributed by atoms with Crippen molar-refractivity contribution in [2.75, 3.05) is 13.2 Å². The van der Waals surface area contributed by atoms with Crippen LogP contribution in [0.15, 0.2) is 48.5 Å². The maximum absolute atomic E-state index is 12.5. The third kappa shape index (κ3) is 5.41. The van der Waals surface area contributed by atoms with Crippen LogP contribution in [0.3, 0.4) is 0 Å². The monoisotopic (exact) mass is 466 g/mol. The van der Waals surface area contributed by atoms with Crippen molar-refractivity contribution in [1.82, 2.24) is 10.6 Å². The van der Waals surface area contributed by atoms with Gasteiger partial charge in [-0.25, -0.2) is 4.79 Å². The molecule has 1 aliphatic carbocycles. The highest BCUT2D eigenvalue weighted by Gasteiger charge is 2.35. The van der Waals surface area contributed by atoms with Crippen LogP contribution in [-0.2, 0) is 14.3 Å². The Hall–Kier alpha value is -3.35. The van der Waals surface area contributed by atoms with Gasteiger partial charge in [-0.2, -0.15) is 0 Å². The van der Waals surface area contributed by atoms with Gasteiger partial charge in [0, 0.05) is 24.9 Å². The number of alkyl carbamates (subject to hydrolysis) is 1. The van der Waals surface area contributed by atoms with E-state index in [0.29, 0.717) is 19.3 Å². The van der Waals surface area contributed by atoms with Crippen molar-refractivity contribution in [2.24, 2.45) is 5.41 Å². The van der Waals surface area contributed by atoms with E-state index in [1.807, 2.05) is 31.2 Å². The molecule has 0 fully saturated rings. The average Bonchev–Trinajstić information content (AvgIpc) is 3.16. The minimum atomic E-state index is -0.975. The SMILES string of the molecule is CCC(CC(=O)NCC(CC)(CC)C(=O)O)NC(=O)OCC1c2ccccc2-c2ccccc21. The lowest BCUT2D eigenvalue weighted by Gasteiger charge is -2.27. The zero-order chi connectivity index (χ0) is 24.7. The molecule has 7 nitrogen and oxygen atoms in total. The number of carbonyl (C=O) groups is 3. The number of rotatable bonds is 11. The first-order valence-electron chi connectivity index (χ1n) is 12.0. The Morgan fingerprint density at radius 1 is 0.971 bits per heavy atom. The first kappa shape index (κ1) is 25.3. The van der Waals surface area contributed by atoms with Gasteiger partial charge >= 0.3 is 12.1 Å². The molecule has 0 aromatic heterocycles. The molecule has 0 bridgehead atoms. The molecule has 3 N–H and O–H groups in total. The molecule has 2 aromatic rings. The molecule has 1 atom stereocenters. The third-order valence-corrected chi connectivity index (χ3v) is 7.02. The van der Waals surface area contributed by atoms with Crippen LogP contribution in [-0.4, -0.2) is 42.3 Å². The van der Waals surface area contributed by atoms with E-state index in [0.717, 1.165) is 22.3 Å². The molecule has 34 heavy (non-hydrogen) atoms. The summed E-state index contributed by atoms with van der Waals surface area (Å²) in [7, 11) is 0. The molecule has 0 radical (unpaired) electrons. The molecular weight excluding hydrogens is 432 g/mol. The zero-order valence-corrected chi connectivity index (χ0v) is 20.1. The molecule has 0 aliphatic heterocycles. The molecule has 3 rings (SSSR count). The Bertz CT molecular complexity index is 986. The van der Waals surface area contributed by atoms with E-state index in [1.165, 1.54) is 0 Å². The van der Waals surface area contributed by atoms with Crippen LogP contribution in [0.1, 0.15) is 63.5 Å². The first-order valence-corrected chi connectivity index (χ1v) is 12.0. The predicted octanol–water partition coefficient (Wildman–Crippen LogP) is 4.70. The molecule has 1 aliphatic rings. The molecule has 0 heterocycles. The van der Waals surface area contributed by atoms with Crippen LogP contribution in [0.5, 0.6) is 0 Å². The van der Waals surface area contributed by atoms with Gasteiger partial charge in [-0.15, -0.1) is 0 Å². The number of carbonyl (C=O) groups excluding carboxylic acids is 2.